The van der Waals surface area contributed by atoms with Gasteiger partial charge in [-0.2, -0.15) is 5.26 Å². The monoisotopic (exact) mass is 417 g/mol. The Balaban J connectivity index is 2.06. The highest BCUT2D eigenvalue weighted by Crippen LogP contribution is 2.34. The van der Waals surface area contributed by atoms with Crippen molar-refractivity contribution in [3.05, 3.63) is 35.1 Å². The molecule has 1 saturated heterocycles. The van der Waals surface area contributed by atoms with Gasteiger partial charge in [-0.1, -0.05) is 0 Å². The minimum Gasteiger partial charge on any atom is -0.495 e. The topological polar surface area (TPSA) is 130 Å². The van der Waals surface area contributed by atoms with Crippen LogP contribution in [-0.4, -0.2) is 33.8 Å². The van der Waals surface area contributed by atoms with Crippen molar-refractivity contribution in [1.82, 2.24) is 0 Å². The molecule has 9 nitrogen and oxygen atoms in total. The first-order chi connectivity index (χ1) is 13.7. The fourth-order valence-electron chi connectivity index (χ4n) is 3.29. The Morgan fingerprint density at radius 1 is 1.38 bits per heavy atom. The number of ether oxygens (including phenoxy) is 1. The lowest BCUT2D eigenvalue weighted by Crippen LogP contribution is -2.24. The molecule has 1 aliphatic rings. The van der Waals surface area contributed by atoms with Crippen LogP contribution >= 0.6 is 0 Å². The minimum atomic E-state index is -4.26. The molecule has 0 spiro atoms. The molecule has 2 heterocycles. The van der Waals surface area contributed by atoms with E-state index in [4.69, 9.17) is 9.15 Å². The third-order valence-electron chi connectivity index (χ3n) is 4.60. The normalized spacial score (nSPS) is 14.0. The van der Waals surface area contributed by atoms with E-state index in [1.807, 2.05) is 0 Å². The zero-order chi connectivity index (χ0) is 21.3. The summed E-state index contributed by atoms with van der Waals surface area (Å²) in [6.07, 6.45) is 1.09. The summed E-state index contributed by atoms with van der Waals surface area (Å²) in [5.74, 6) is -0.664. The number of sulfonamides is 1. The molecule has 1 aromatic carbocycles. The van der Waals surface area contributed by atoms with E-state index < -0.39 is 15.8 Å². The van der Waals surface area contributed by atoms with Crippen LogP contribution in [-0.2, 0) is 14.8 Å². The van der Waals surface area contributed by atoms with Crippen LogP contribution in [0, 0.1) is 18.3 Å². The van der Waals surface area contributed by atoms with Crippen LogP contribution in [0.3, 0.4) is 0 Å². The molecule has 1 amide bonds. The second-order valence-electron chi connectivity index (χ2n) is 6.49. The molecule has 2 aromatic rings. The number of amides is 1. The molecule has 29 heavy (non-hydrogen) atoms. The van der Waals surface area contributed by atoms with Gasteiger partial charge in [-0.05, 0) is 38.5 Å². The Bertz CT molecular complexity index is 1140. The van der Waals surface area contributed by atoms with Gasteiger partial charge in [-0.25, -0.2) is 13.1 Å². The molecular weight excluding hydrogens is 398 g/mol. The Morgan fingerprint density at radius 3 is 2.66 bits per heavy atom. The lowest BCUT2D eigenvalue weighted by molar-refractivity contribution is -0.117. The summed E-state index contributed by atoms with van der Waals surface area (Å²) in [6, 6.07) is 6.19. The van der Waals surface area contributed by atoms with Crippen LogP contribution in [0.4, 0.5) is 11.6 Å². The van der Waals surface area contributed by atoms with Crippen molar-refractivity contribution in [2.75, 3.05) is 23.3 Å². The van der Waals surface area contributed by atoms with Crippen molar-refractivity contribution in [2.45, 2.75) is 31.6 Å². The SMILES string of the molecule is COc1ccc(N2CCCC2=O)cc1S(=O)(=O)Nc1oc(C)c(C(C)=O)c1C#N. The van der Waals surface area contributed by atoms with Gasteiger partial charge in [0.15, 0.2) is 5.78 Å². The predicted octanol–water partition coefficient (Wildman–Crippen LogP) is 2.60. The molecule has 0 bridgehead atoms. The fourth-order valence-corrected chi connectivity index (χ4v) is 4.48. The Kier molecular flexibility index (Phi) is 5.35. The number of anilines is 2. The van der Waals surface area contributed by atoms with Crippen molar-refractivity contribution >= 4 is 33.3 Å². The van der Waals surface area contributed by atoms with Crippen LogP contribution in [0.15, 0.2) is 27.5 Å². The Morgan fingerprint density at radius 2 is 2.10 bits per heavy atom. The second-order valence-corrected chi connectivity index (χ2v) is 8.15. The van der Waals surface area contributed by atoms with E-state index in [2.05, 4.69) is 4.72 Å². The van der Waals surface area contributed by atoms with Crippen molar-refractivity contribution < 1.29 is 27.2 Å². The molecule has 0 radical (unpaired) electrons. The highest BCUT2D eigenvalue weighted by Gasteiger charge is 2.29. The van der Waals surface area contributed by atoms with E-state index in [-0.39, 0.29) is 39.3 Å². The summed E-state index contributed by atoms with van der Waals surface area (Å²) >= 11 is 0. The largest absolute Gasteiger partial charge is 0.495 e. The number of hydrogen-bond donors (Lipinski definition) is 1. The standard InChI is InChI=1S/C19H19N3O6S/c1-11(23)18-12(2)28-19(14(18)10-20)21-29(25,26)16-9-13(6-7-15(16)27-3)22-8-4-5-17(22)24/h6-7,9,21H,4-5,8H2,1-3H3. The maximum atomic E-state index is 13.0. The maximum Gasteiger partial charge on any atom is 0.267 e. The molecule has 0 unspecified atom stereocenters. The number of ketones is 1. The number of nitrogens with one attached hydrogen (secondary N) is 1. The van der Waals surface area contributed by atoms with Gasteiger partial charge >= 0.3 is 0 Å². The third kappa shape index (κ3) is 3.69. The lowest BCUT2D eigenvalue weighted by atomic mass is 10.1. The highest BCUT2D eigenvalue weighted by molar-refractivity contribution is 7.92. The van der Waals surface area contributed by atoms with E-state index in [1.165, 1.54) is 38.0 Å². The highest BCUT2D eigenvalue weighted by atomic mass is 32.2. The van der Waals surface area contributed by atoms with Gasteiger partial charge in [-0.15, -0.1) is 0 Å². The molecule has 10 heteroatoms. The molecule has 1 aromatic heterocycles. The number of methoxy groups -OCH3 is 1. The quantitative estimate of drug-likeness (QED) is 0.715. The van der Waals surface area contributed by atoms with Crippen molar-refractivity contribution in [3.8, 4) is 11.8 Å². The van der Waals surface area contributed by atoms with Gasteiger partial charge in [0.05, 0.1) is 12.7 Å². The molecule has 152 valence electrons. The molecule has 3 rings (SSSR count). The van der Waals surface area contributed by atoms with Crippen molar-refractivity contribution in [2.24, 2.45) is 0 Å². The summed E-state index contributed by atoms with van der Waals surface area (Å²) in [6.45, 7) is 3.22. The lowest BCUT2D eigenvalue weighted by Gasteiger charge is -2.18. The second kappa shape index (κ2) is 7.60. The van der Waals surface area contributed by atoms with E-state index in [1.54, 1.807) is 12.1 Å². The minimum absolute atomic E-state index is 0.0218. The maximum absolute atomic E-state index is 13.0. The van der Waals surface area contributed by atoms with E-state index in [0.29, 0.717) is 25.1 Å². The Labute approximate surface area is 167 Å². The number of Topliss-reactive ketones (excluding diaryl/α,β-unsaturated/α-hetero) is 1. The summed E-state index contributed by atoms with van der Waals surface area (Å²) in [7, 11) is -2.94. The van der Waals surface area contributed by atoms with Crippen LogP contribution in [0.5, 0.6) is 5.75 Å². The van der Waals surface area contributed by atoms with Gasteiger partial charge in [0.25, 0.3) is 10.0 Å². The van der Waals surface area contributed by atoms with Gasteiger partial charge in [0, 0.05) is 18.7 Å². The molecule has 0 atom stereocenters. The number of rotatable bonds is 6. The predicted molar refractivity (Wildman–Crippen MR) is 104 cm³/mol. The van der Waals surface area contributed by atoms with Crippen LogP contribution in [0.1, 0.15) is 41.4 Å². The number of hydrogen-bond acceptors (Lipinski definition) is 7. The fraction of sp³-hybridized carbons (Fsp3) is 0.316. The van der Waals surface area contributed by atoms with Gasteiger partial charge in [0.2, 0.25) is 11.8 Å². The number of nitriles is 1. The van der Waals surface area contributed by atoms with Crippen molar-refractivity contribution in [3.63, 3.8) is 0 Å². The summed E-state index contributed by atoms with van der Waals surface area (Å²) in [5.41, 5.74) is 0.256. The molecular formula is C19H19N3O6S. The first-order valence-electron chi connectivity index (χ1n) is 8.75. The Hall–Kier alpha value is -3.32. The number of aryl methyl sites for hydroxylation is 1. The zero-order valence-electron chi connectivity index (χ0n) is 16.1. The molecule has 1 N–H and O–H groups in total. The van der Waals surface area contributed by atoms with E-state index in [9.17, 15) is 23.3 Å². The van der Waals surface area contributed by atoms with E-state index in [0.717, 1.165) is 0 Å². The first-order valence-corrected chi connectivity index (χ1v) is 10.2. The summed E-state index contributed by atoms with van der Waals surface area (Å²) < 4.78 is 38.8. The van der Waals surface area contributed by atoms with Crippen molar-refractivity contribution in [1.29, 1.82) is 5.26 Å². The van der Waals surface area contributed by atoms with Crippen LogP contribution in [0.2, 0.25) is 0 Å². The van der Waals surface area contributed by atoms with E-state index >= 15 is 0 Å². The molecule has 1 aliphatic heterocycles. The number of furan rings is 1. The number of carbonyl (C=O) groups is 2. The zero-order valence-corrected chi connectivity index (χ0v) is 16.9. The molecule has 0 saturated carbocycles. The number of nitrogens with zero attached hydrogens (tertiary/aromatic N) is 2. The first kappa shape index (κ1) is 20.4. The average Bonchev–Trinajstić information content (AvgIpc) is 3.23. The number of carbonyl (C=O) groups excluding carboxylic acids is 2. The average molecular weight is 417 g/mol. The van der Waals surface area contributed by atoms with Crippen LogP contribution < -0.4 is 14.4 Å². The molecule has 1 fully saturated rings. The summed E-state index contributed by atoms with van der Waals surface area (Å²) in [5, 5.41) is 9.38. The van der Waals surface area contributed by atoms with Gasteiger partial charge < -0.3 is 14.1 Å². The van der Waals surface area contributed by atoms with Crippen LogP contribution in [0.25, 0.3) is 0 Å². The van der Waals surface area contributed by atoms with Gasteiger partial charge in [-0.3, -0.25) is 9.59 Å². The number of benzene rings is 1. The summed E-state index contributed by atoms with van der Waals surface area (Å²) in [4.78, 5) is 25.1. The molecule has 0 aliphatic carbocycles. The van der Waals surface area contributed by atoms with Gasteiger partial charge in [0.1, 0.15) is 28.0 Å². The third-order valence-corrected chi connectivity index (χ3v) is 5.95. The smallest absolute Gasteiger partial charge is 0.267 e.